The van der Waals surface area contributed by atoms with Gasteiger partial charge in [0.25, 0.3) is 0 Å². The van der Waals surface area contributed by atoms with Crippen molar-refractivity contribution in [2.24, 2.45) is 0 Å². The number of carbonyl (C=O) groups is 2. The van der Waals surface area contributed by atoms with E-state index in [4.69, 9.17) is 9.84 Å². The van der Waals surface area contributed by atoms with E-state index in [0.717, 1.165) is 0 Å². The predicted molar refractivity (Wildman–Crippen MR) is 62.7 cm³/mol. The minimum atomic E-state index is -1.03. The zero-order chi connectivity index (χ0) is 12.7. The van der Waals surface area contributed by atoms with Crippen LogP contribution >= 0.6 is 0 Å². The van der Waals surface area contributed by atoms with Crippen LogP contribution in [-0.4, -0.2) is 17.0 Å². The lowest BCUT2D eigenvalue weighted by atomic mass is 10.1. The van der Waals surface area contributed by atoms with E-state index >= 15 is 0 Å². The Hall–Kier alpha value is -2.10. The normalized spacial score (nSPS) is 9.65. The highest BCUT2D eigenvalue weighted by Gasteiger charge is 2.07. The van der Waals surface area contributed by atoms with Gasteiger partial charge in [0.05, 0.1) is 0 Å². The van der Waals surface area contributed by atoms with Crippen molar-refractivity contribution in [3.8, 4) is 5.75 Å². The van der Waals surface area contributed by atoms with Crippen molar-refractivity contribution >= 4 is 11.9 Å². The van der Waals surface area contributed by atoms with Gasteiger partial charge in [0.2, 0.25) is 0 Å². The molecule has 1 N–H and O–H groups in total. The highest BCUT2D eigenvalue weighted by molar-refractivity contribution is 5.85. The van der Waals surface area contributed by atoms with Gasteiger partial charge in [-0.15, -0.1) is 0 Å². The van der Waals surface area contributed by atoms with Gasteiger partial charge in [0.15, 0.2) is 0 Å². The van der Waals surface area contributed by atoms with E-state index in [2.05, 4.69) is 6.58 Å². The maximum atomic E-state index is 11.4. The number of hydrogen-bond acceptors (Lipinski definition) is 3. The fourth-order valence-electron chi connectivity index (χ4n) is 1.22. The molecule has 0 fully saturated rings. The lowest BCUT2D eigenvalue weighted by Crippen LogP contribution is -2.08. The number of hydrogen-bond donors (Lipinski definition) is 1. The molecule has 1 aromatic rings. The molecule has 4 nitrogen and oxygen atoms in total. The van der Waals surface area contributed by atoms with Crippen LogP contribution in [-0.2, 0) is 9.59 Å². The highest BCUT2D eigenvalue weighted by atomic mass is 16.5. The number of carboxylic acid groups (broad SMARTS) is 1. The molecule has 0 aliphatic heterocycles. The van der Waals surface area contributed by atoms with Crippen LogP contribution in [0.2, 0.25) is 0 Å². The number of carboxylic acids is 1. The van der Waals surface area contributed by atoms with Gasteiger partial charge >= 0.3 is 11.9 Å². The summed E-state index contributed by atoms with van der Waals surface area (Å²) in [5.74, 6) is -0.898. The molecule has 1 aromatic carbocycles. The standard InChI is InChI=1S/C13H14O4/c1-10(13(15)16)6-5-9-12(14)17-11-7-3-2-4-8-11/h2-4,7-8H,1,5-6,9H2,(H,15,16). The fourth-order valence-corrected chi connectivity index (χ4v) is 1.22. The molecular formula is C13H14O4. The number of aliphatic carboxylic acids is 1. The third-order valence-electron chi connectivity index (χ3n) is 2.14. The summed E-state index contributed by atoms with van der Waals surface area (Å²) in [5, 5.41) is 8.57. The molecule has 0 heterocycles. The molecule has 0 aliphatic rings. The topological polar surface area (TPSA) is 63.6 Å². The van der Waals surface area contributed by atoms with Gasteiger partial charge in [-0.25, -0.2) is 4.79 Å². The van der Waals surface area contributed by atoms with Gasteiger partial charge in [0, 0.05) is 12.0 Å². The first kappa shape index (κ1) is 13.0. The molecular weight excluding hydrogens is 220 g/mol. The van der Waals surface area contributed by atoms with Crippen molar-refractivity contribution in [1.82, 2.24) is 0 Å². The Balaban J connectivity index is 2.27. The Morgan fingerprint density at radius 2 is 1.82 bits per heavy atom. The van der Waals surface area contributed by atoms with Gasteiger partial charge < -0.3 is 9.84 Å². The fraction of sp³-hybridized carbons (Fsp3) is 0.231. The average molecular weight is 234 g/mol. The van der Waals surface area contributed by atoms with Gasteiger partial charge in [-0.2, -0.15) is 0 Å². The zero-order valence-corrected chi connectivity index (χ0v) is 9.39. The first-order valence-electron chi connectivity index (χ1n) is 5.26. The van der Waals surface area contributed by atoms with Crippen LogP contribution in [0, 0.1) is 0 Å². The van der Waals surface area contributed by atoms with Gasteiger partial charge in [-0.05, 0) is 25.0 Å². The predicted octanol–water partition coefficient (Wildman–Crippen LogP) is 2.40. The van der Waals surface area contributed by atoms with Gasteiger partial charge in [-0.1, -0.05) is 24.8 Å². The maximum absolute atomic E-state index is 11.4. The SMILES string of the molecule is C=C(CCCC(=O)Oc1ccccc1)C(=O)O. The monoisotopic (exact) mass is 234 g/mol. The minimum absolute atomic E-state index is 0.109. The zero-order valence-electron chi connectivity index (χ0n) is 9.39. The maximum Gasteiger partial charge on any atom is 0.330 e. The van der Waals surface area contributed by atoms with Gasteiger partial charge in [0.1, 0.15) is 5.75 Å². The van der Waals surface area contributed by atoms with E-state index in [0.29, 0.717) is 18.6 Å². The van der Waals surface area contributed by atoms with Crippen LogP contribution in [0.15, 0.2) is 42.5 Å². The van der Waals surface area contributed by atoms with Gasteiger partial charge in [-0.3, -0.25) is 4.79 Å². The summed E-state index contributed by atoms with van der Waals surface area (Å²) >= 11 is 0. The van der Waals surface area contributed by atoms with Crippen molar-refractivity contribution in [3.63, 3.8) is 0 Å². The summed E-state index contributed by atoms with van der Waals surface area (Å²) in [4.78, 5) is 21.8. The smallest absolute Gasteiger partial charge is 0.330 e. The largest absolute Gasteiger partial charge is 0.478 e. The number of benzene rings is 1. The second-order valence-electron chi connectivity index (χ2n) is 3.55. The summed E-state index contributed by atoms with van der Waals surface area (Å²) in [6, 6.07) is 8.75. The third kappa shape index (κ3) is 4.97. The molecule has 0 unspecified atom stereocenters. The first-order valence-corrected chi connectivity index (χ1v) is 5.26. The van der Waals surface area contributed by atoms with E-state index in [-0.39, 0.29) is 18.0 Å². The molecule has 0 amide bonds. The van der Waals surface area contributed by atoms with Crippen molar-refractivity contribution in [2.75, 3.05) is 0 Å². The van der Waals surface area contributed by atoms with E-state index in [1.165, 1.54) is 0 Å². The Bertz CT molecular complexity index is 409. The van der Waals surface area contributed by atoms with Crippen LogP contribution in [0.25, 0.3) is 0 Å². The lowest BCUT2D eigenvalue weighted by molar-refractivity contribution is -0.135. The minimum Gasteiger partial charge on any atom is -0.478 e. The lowest BCUT2D eigenvalue weighted by Gasteiger charge is -2.03. The van der Waals surface area contributed by atoms with E-state index in [1.54, 1.807) is 24.3 Å². The number of para-hydroxylation sites is 1. The first-order chi connectivity index (χ1) is 8.09. The van der Waals surface area contributed by atoms with Crippen LogP contribution in [0.5, 0.6) is 5.75 Å². The third-order valence-corrected chi connectivity index (χ3v) is 2.14. The summed E-state index contributed by atoms with van der Waals surface area (Å²) in [6.45, 7) is 3.38. The molecule has 90 valence electrons. The van der Waals surface area contributed by atoms with Crippen molar-refractivity contribution in [1.29, 1.82) is 0 Å². The van der Waals surface area contributed by atoms with Crippen molar-refractivity contribution in [3.05, 3.63) is 42.5 Å². The highest BCUT2D eigenvalue weighted by Crippen LogP contribution is 2.11. The molecule has 0 saturated heterocycles. The Kier molecular flexibility index (Phi) is 4.94. The molecule has 0 saturated carbocycles. The number of esters is 1. The molecule has 0 aliphatic carbocycles. The van der Waals surface area contributed by atoms with Crippen LogP contribution in [0.1, 0.15) is 19.3 Å². The quantitative estimate of drug-likeness (QED) is 0.466. The van der Waals surface area contributed by atoms with E-state index in [9.17, 15) is 9.59 Å². The average Bonchev–Trinajstić information content (AvgIpc) is 2.30. The molecule has 1 rings (SSSR count). The summed E-state index contributed by atoms with van der Waals surface area (Å²) in [7, 11) is 0. The molecule has 4 heteroatoms. The Morgan fingerprint density at radius 1 is 1.18 bits per heavy atom. The number of rotatable bonds is 6. The molecule has 0 aromatic heterocycles. The summed E-state index contributed by atoms with van der Waals surface area (Å²) in [5.41, 5.74) is 0.109. The summed E-state index contributed by atoms with van der Waals surface area (Å²) < 4.78 is 5.04. The van der Waals surface area contributed by atoms with Crippen LogP contribution in [0.4, 0.5) is 0 Å². The van der Waals surface area contributed by atoms with Crippen LogP contribution in [0.3, 0.4) is 0 Å². The van der Waals surface area contributed by atoms with Crippen molar-refractivity contribution < 1.29 is 19.4 Å². The number of carbonyl (C=O) groups excluding carboxylic acids is 1. The Morgan fingerprint density at radius 3 is 2.41 bits per heavy atom. The number of ether oxygens (including phenoxy) is 1. The van der Waals surface area contributed by atoms with Crippen molar-refractivity contribution in [2.45, 2.75) is 19.3 Å². The molecule has 0 radical (unpaired) electrons. The molecule has 0 spiro atoms. The van der Waals surface area contributed by atoms with Crippen LogP contribution < -0.4 is 4.74 Å². The van der Waals surface area contributed by atoms with E-state index < -0.39 is 5.97 Å². The molecule has 17 heavy (non-hydrogen) atoms. The Labute approximate surface area is 99.5 Å². The second kappa shape index (κ2) is 6.48. The van der Waals surface area contributed by atoms with E-state index in [1.807, 2.05) is 6.07 Å². The second-order valence-corrected chi connectivity index (χ2v) is 3.55. The summed E-state index contributed by atoms with van der Waals surface area (Å²) in [6.07, 6.45) is 0.900. The molecule has 0 bridgehead atoms. The molecule has 0 atom stereocenters.